The molecule has 0 aromatic heterocycles. The Morgan fingerprint density at radius 2 is 2.35 bits per heavy atom. The SMILES string of the molecule is C=CC1COC(=O)N1c1cccc([N+](=O)[O-])c1. The number of hydrogen-bond acceptors (Lipinski definition) is 4. The fraction of sp³-hybridized carbons (Fsp3) is 0.182. The van der Waals surface area contributed by atoms with Gasteiger partial charge in [0.1, 0.15) is 6.61 Å². The molecule has 2 rings (SSSR count). The van der Waals surface area contributed by atoms with E-state index < -0.39 is 11.0 Å². The number of benzene rings is 1. The lowest BCUT2D eigenvalue weighted by Crippen LogP contribution is -2.31. The van der Waals surface area contributed by atoms with Crippen molar-refractivity contribution in [3.63, 3.8) is 0 Å². The van der Waals surface area contributed by atoms with Crippen LogP contribution in [0.25, 0.3) is 0 Å². The maximum absolute atomic E-state index is 11.5. The minimum atomic E-state index is -0.518. The highest BCUT2D eigenvalue weighted by molar-refractivity contribution is 5.91. The third kappa shape index (κ3) is 1.96. The molecule has 0 spiro atoms. The summed E-state index contributed by atoms with van der Waals surface area (Å²) in [5.74, 6) is 0. The number of ether oxygens (including phenoxy) is 1. The summed E-state index contributed by atoms with van der Waals surface area (Å²) in [4.78, 5) is 23.0. The Bertz CT molecular complexity index is 486. The summed E-state index contributed by atoms with van der Waals surface area (Å²) in [5, 5.41) is 10.7. The second kappa shape index (κ2) is 4.25. The number of hydrogen-bond donors (Lipinski definition) is 0. The zero-order valence-corrected chi connectivity index (χ0v) is 8.91. The standard InChI is InChI=1S/C11H10N2O4/c1-2-8-7-17-11(14)12(8)9-4-3-5-10(6-9)13(15)16/h2-6,8H,1,7H2. The summed E-state index contributed by atoms with van der Waals surface area (Å²) in [6.45, 7) is 3.82. The molecular weight excluding hydrogens is 224 g/mol. The summed E-state index contributed by atoms with van der Waals surface area (Å²) in [6, 6.07) is 5.57. The van der Waals surface area contributed by atoms with Crippen molar-refractivity contribution in [3.8, 4) is 0 Å². The molecule has 1 fully saturated rings. The van der Waals surface area contributed by atoms with Gasteiger partial charge in [-0.25, -0.2) is 4.79 Å². The molecule has 17 heavy (non-hydrogen) atoms. The van der Waals surface area contributed by atoms with Gasteiger partial charge in [-0.1, -0.05) is 12.1 Å². The minimum absolute atomic E-state index is 0.0648. The molecule has 1 aliphatic rings. The van der Waals surface area contributed by atoms with E-state index in [0.717, 1.165) is 0 Å². The number of amides is 1. The third-order valence-corrected chi connectivity index (χ3v) is 2.50. The van der Waals surface area contributed by atoms with E-state index in [0.29, 0.717) is 5.69 Å². The zero-order valence-electron chi connectivity index (χ0n) is 8.91. The lowest BCUT2D eigenvalue weighted by molar-refractivity contribution is -0.384. The second-order valence-electron chi connectivity index (χ2n) is 3.53. The first kappa shape index (κ1) is 11.1. The quantitative estimate of drug-likeness (QED) is 0.456. The minimum Gasteiger partial charge on any atom is -0.447 e. The van der Waals surface area contributed by atoms with Crippen LogP contribution in [0.3, 0.4) is 0 Å². The van der Waals surface area contributed by atoms with E-state index in [1.54, 1.807) is 12.1 Å². The van der Waals surface area contributed by atoms with Crippen molar-refractivity contribution in [1.29, 1.82) is 0 Å². The lowest BCUT2D eigenvalue weighted by Gasteiger charge is -2.17. The molecule has 6 nitrogen and oxygen atoms in total. The highest BCUT2D eigenvalue weighted by atomic mass is 16.6. The predicted octanol–water partition coefficient (Wildman–Crippen LogP) is 2.11. The van der Waals surface area contributed by atoms with Crippen LogP contribution in [0.2, 0.25) is 0 Å². The largest absolute Gasteiger partial charge is 0.447 e. The van der Waals surface area contributed by atoms with Gasteiger partial charge in [-0.2, -0.15) is 0 Å². The highest BCUT2D eigenvalue weighted by Crippen LogP contribution is 2.26. The number of cyclic esters (lactones) is 1. The highest BCUT2D eigenvalue weighted by Gasteiger charge is 2.32. The van der Waals surface area contributed by atoms with Gasteiger partial charge in [0.05, 0.1) is 16.7 Å². The average molecular weight is 234 g/mol. The van der Waals surface area contributed by atoms with Crippen LogP contribution in [-0.4, -0.2) is 23.7 Å². The average Bonchev–Trinajstić information content (AvgIpc) is 2.70. The molecule has 6 heteroatoms. The molecule has 1 heterocycles. The van der Waals surface area contributed by atoms with Gasteiger partial charge in [0.2, 0.25) is 0 Å². The number of nitro groups is 1. The molecule has 88 valence electrons. The topological polar surface area (TPSA) is 72.7 Å². The van der Waals surface area contributed by atoms with Crippen LogP contribution in [0.1, 0.15) is 0 Å². The van der Waals surface area contributed by atoms with Crippen LogP contribution < -0.4 is 4.90 Å². The first-order valence-electron chi connectivity index (χ1n) is 4.96. The second-order valence-corrected chi connectivity index (χ2v) is 3.53. The maximum atomic E-state index is 11.5. The molecule has 1 amide bonds. The van der Waals surface area contributed by atoms with Gasteiger partial charge in [-0.15, -0.1) is 6.58 Å². The van der Waals surface area contributed by atoms with E-state index in [2.05, 4.69) is 6.58 Å². The van der Waals surface area contributed by atoms with Gasteiger partial charge in [-0.3, -0.25) is 15.0 Å². The van der Waals surface area contributed by atoms with Crippen LogP contribution in [-0.2, 0) is 4.74 Å². The van der Waals surface area contributed by atoms with Crippen molar-refractivity contribution in [2.75, 3.05) is 11.5 Å². The zero-order chi connectivity index (χ0) is 12.4. The number of rotatable bonds is 3. The number of nitro benzene ring substituents is 1. The van der Waals surface area contributed by atoms with Crippen LogP contribution >= 0.6 is 0 Å². The van der Waals surface area contributed by atoms with Gasteiger partial charge < -0.3 is 4.74 Å². The monoisotopic (exact) mass is 234 g/mol. The molecule has 1 saturated heterocycles. The molecule has 0 radical (unpaired) electrons. The fourth-order valence-electron chi connectivity index (χ4n) is 1.66. The van der Waals surface area contributed by atoms with Crippen LogP contribution in [0.5, 0.6) is 0 Å². The molecule has 0 bridgehead atoms. The number of carbonyl (C=O) groups is 1. The Hall–Kier alpha value is -2.37. The van der Waals surface area contributed by atoms with Gasteiger partial charge in [0.15, 0.2) is 0 Å². The van der Waals surface area contributed by atoms with Crippen molar-refractivity contribution in [1.82, 2.24) is 0 Å². The fourth-order valence-corrected chi connectivity index (χ4v) is 1.66. The molecular formula is C11H10N2O4. The number of carbonyl (C=O) groups excluding carboxylic acids is 1. The number of nitrogens with zero attached hydrogens (tertiary/aromatic N) is 2. The Morgan fingerprint density at radius 1 is 1.59 bits per heavy atom. The van der Waals surface area contributed by atoms with E-state index in [1.165, 1.54) is 23.1 Å². The first-order chi connectivity index (χ1) is 8.13. The molecule has 0 saturated carbocycles. The molecule has 0 N–H and O–H groups in total. The summed E-state index contributed by atoms with van der Waals surface area (Å²) in [6.07, 6.45) is 1.05. The Kier molecular flexibility index (Phi) is 2.78. The Labute approximate surface area is 97.2 Å². The van der Waals surface area contributed by atoms with Gasteiger partial charge in [0.25, 0.3) is 5.69 Å². The van der Waals surface area contributed by atoms with Crippen molar-refractivity contribution in [2.24, 2.45) is 0 Å². The van der Waals surface area contributed by atoms with Crippen LogP contribution in [0, 0.1) is 10.1 Å². The molecule has 1 unspecified atom stereocenters. The maximum Gasteiger partial charge on any atom is 0.415 e. The smallest absolute Gasteiger partial charge is 0.415 e. The Balaban J connectivity index is 2.38. The normalized spacial score (nSPS) is 18.9. The molecule has 1 atom stereocenters. The van der Waals surface area contributed by atoms with Crippen molar-refractivity contribution in [2.45, 2.75) is 6.04 Å². The first-order valence-corrected chi connectivity index (χ1v) is 4.96. The number of anilines is 1. The summed E-state index contributed by atoms with van der Waals surface area (Å²) >= 11 is 0. The van der Waals surface area contributed by atoms with Gasteiger partial charge >= 0.3 is 6.09 Å². The molecule has 1 aromatic carbocycles. The van der Waals surface area contributed by atoms with Gasteiger partial charge in [0, 0.05) is 12.1 Å². The van der Waals surface area contributed by atoms with E-state index in [1.807, 2.05) is 0 Å². The van der Waals surface area contributed by atoms with E-state index >= 15 is 0 Å². The third-order valence-electron chi connectivity index (χ3n) is 2.50. The van der Waals surface area contributed by atoms with Crippen molar-refractivity contribution < 1.29 is 14.5 Å². The molecule has 0 aliphatic carbocycles. The van der Waals surface area contributed by atoms with Crippen LogP contribution in [0.4, 0.5) is 16.2 Å². The molecule has 1 aliphatic heterocycles. The van der Waals surface area contributed by atoms with E-state index in [-0.39, 0.29) is 18.3 Å². The molecule has 1 aromatic rings. The summed E-state index contributed by atoms with van der Waals surface area (Å²) < 4.78 is 4.87. The van der Waals surface area contributed by atoms with E-state index in [9.17, 15) is 14.9 Å². The van der Waals surface area contributed by atoms with Crippen molar-refractivity contribution in [3.05, 3.63) is 47.0 Å². The van der Waals surface area contributed by atoms with Crippen molar-refractivity contribution >= 4 is 17.5 Å². The lowest BCUT2D eigenvalue weighted by atomic mass is 10.2. The van der Waals surface area contributed by atoms with E-state index in [4.69, 9.17) is 4.74 Å². The predicted molar refractivity (Wildman–Crippen MR) is 60.9 cm³/mol. The van der Waals surface area contributed by atoms with Crippen LogP contribution in [0.15, 0.2) is 36.9 Å². The van der Waals surface area contributed by atoms with Gasteiger partial charge in [-0.05, 0) is 6.07 Å². The number of non-ortho nitro benzene ring substituents is 1. The summed E-state index contributed by atoms with van der Waals surface area (Å²) in [7, 11) is 0. The summed E-state index contributed by atoms with van der Waals surface area (Å²) in [5.41, 5.74) is 0.372. The Morgan fingerprint density at radius 3 is 3.00 bits per heavy atom.